The molecule has 3 aromatic rings. The minimum atomic E-state index is -4.55. The van der Waals surface area contributed by atoms with Gasteiger partial charge in [0.05, 0.1) is 17.3 Å². The lowest BCUT2D eigenvalue weighted by Crippen LogP contribution is -2.12. The van der Waals surface area contributed by atoms with Crippen LogP contribution in [-0.4, -0.2) is 10.8 Å². The van der Waals surface area contributed by atoms with Crippen LogP contribution in [0.25, 0.3) is 11.3 Å². The summed E-state index contributed by atoms with van der Waals surface area (Å²) in [6.45, 7) is 3.63. The number of rotatable bonds is 6. The number of aromatic nitrogens is 1. The van der Waals surface area contributed by atoms with Crippen molar-refractivity contribution in [1.82, 2.24) is 4.98 Å². The van der Waals surface area contributed by atoms with Gasteiger partial charge in [-0.05, 0) is 48.7 Å². The zero-order chi connectivity index (χ0) is 22.6. The highest BCUT2D eigenvalue weighted by Crippen LogP contribution is 2.32. The molecular weight excluding hydrogens is 401 g/mol. The van der Waals surface area contributed by atoms with Crippen molar-refractivity contribution in [2.24, 2.45) is 0 Å². The van der Waals surface area contributed by atoms with Gasteiger partial charge in [0.2, 0.25) is 0 Å². The third-order valence-electron chi connectivity index (χ3n) is 5.20. The van der Waals surface area contributed by atoms with E-state index in [0.29, 0.717) is 16.7 Å². The minimum absolute atomic E-state index is 0.0508. The molecule has 0 aliphatic rings. The molecule has 3 rings (SSSR count). The summed E-state index contributed by atoms with van der Waals surface area (Å²) >= 11 is 0. The van der Waals surface area contributed by atoms with Crippen molar-refractivity contribution in [1.29, 1.82) is 5.26 Å². The SMILES string of the molecule is Cc1cccc(-c2nc(C(F)(F)F)ccc2CCC(=O)C(C)c2cccc(C#N)c2)c1. The van der Waals surface area contributed by atoms with Gasteiger partial charge in [0.1, 0.15) is 11.5 Å². The number of nitriles is 1. The van der Waals surface area contributed by atoms with Crippen molar-refractivity contribution < 1.29 is 18.0 Å². The number of aryl methyl sites for hydroxylation is 2. The standard InChI is InChI=1S/C25H21F3N2O/c1-16-5-3-8-21(13-16)24-19(10-12-23(30-24)25(26,27)28)9-11-22(31)17(2)20-7-4-6-18(14-20)15-29/h3-8,10,12-14,17H,9,11H2,1-2H3. The summed E-state index contributed by atoms with van der Waals surface area (Å²) in [5.41, 5.74) is 2.59. The summed E-state index contributed by atoms with van der Waals surface area (Å²) in [4.78, 5) is 16.6. The summed E-state index contributed by atoms with van der Waals surface area (Å²) in [5.74, 6) is -0.469. The van der Waals surface area contributed by atoms with E-state index in [-0.39, 0.29) is 24.3 Å². The van der Waals surface area contributed by atoms with Crippen molar-refractivity contribution in [2.45, 2.75) is 38.8 Å². The first-order valence-corrected chi connectivity index (χ1v) is 9.86. The molecule has 3 nitrogen and oxygen atoms in total. The van der Waals surface area contributed by atoms with Gasteiger partial charge >= 0.3 is 6.18 Å². The zero-order valence-corrected chi connectivity index (χ0v) is 17.2. The first-order chi connectivity index (χ1) is 14.7. The summed E-state index contributed by atoms with van der Waals surface area (Å²) < 4.78 is 39.7. The number of nitrogens with zero attached hydrogens (tertiary/aromatic N) is 2. The Morgan fingerprint density at radius 2 is 1.84 bits per heavy atom. The van der Waals surface area contributed by atoms with Gasteiger partial charge in [-0.15, -0.1) is 0 Å². The number of benzene rings is 2. The lowest BCUT2D eigenvalue weighted by Gasteiger charge is -2.15. The largest absolute Gasteiger partial charge is 0.433 e. The van der Waals surface area contributed by atoms with E-state index >= 15 is 0 Å². The Morgan fingerprint density at radius 3 is 2.52 bits per heavy atom. The van der Waals surface area contributed by atoms with Crippen LogP contribution in [0.5, 0.6) is 0 Å². The molecule has 6 heteroatoms. The molecule has 0 radical (unpaired) electrons. The molecule has 0 N–H and O–H groups in total. The number of Topliss-reactive ketones (excluding diaryl/α,β-unsaturated/α-hetero) is 1. The molecule has 0 amide bonds. The van der Waals surface area contributed by atoms with Crippen molar-refractivity contribution in [3.8, 4) is 17.3 Å². The minimum Gasteiger partial charge on any atom is -0.299 e. The molecule has 0 saturated carbocycles. The van der Waals surface area contributed by atoms with Crippen LogP contribution in [0.4, 0.5) is 13.2 Å². The Balaban J connectivity index is 1.87. The summed E-state index contributed by atoms with van der Waals surface area (Å²) in [6.07, 6.45) is -4.12. The second-order valence-corrected chi connectivity index (χ2v) is 7.50. The quantitative estimate of drug-likeness (QED) is 0.472. The number of alkyl halides is 3. The second-order valence-electron chi connectivity index (χ2n) is 7.50. The summed E-state index contributed by atoms with van der Waals surface area (Å²) in [6, 6.07) is 18.4. The predicted molar refractivity (Wildman–Crippen MR) is 112 cm³/mol. The van der Waals surface area contributed by atoms with Gasteiger partial charge in [-0.3, -0.25) is 4.79 Å². The molecule has 1 atom stereocenters. The molecule has 0 aliphatic carbocycles. The van der Waals surface area contributed by atoms with E-state index < -0.39 is 17.8 Å². The van der Waals surface area contributed by atoms with Crippen LogP contribution < -0.4 is 0 Å². The molecule has 0 fully saturated rings. The number of carbonyl (C=O) groups is 1. The van der Waals surface area contributed by atoms with Gasteiger partial charge in [0.15, 0.2) is 0 Å². The molecule has 31 heavy (non-hydrogen) atoms. The highest BCUT2D eigenvalue weighted by Gasteiger charge is 2.33. The number of hydrogen-bond acceptors (Lipinski definition) is 3. The fourth-order valence-corrected chi connectivity index (χ4v) is 3.43. The van der Waals surface area contributed by atoms with Crippen LogP contribution in [0.15, 0.2) is 60.7 Å². The van der Waals surface area contributed by atoms with E-state index in [0.717, 1.165) is 17.2 Å². The summed E-state index contributed by atoms with van der Waals surface area (Å²) in [5, 5.41) is 9.05. The number of carbonyl (C=O) groups excluding carboxylic acids is 1. The van der Waals surface area contributed by atoms with Gasteiger partial charge in [-0.2, -0.15) is 18.4 Å². The van der Waals surface area contributed by atoms with E-state index in [4.69, 9.17) is 5.26 Å². The fourth-order valence-electron chi connectivity index (χ4n) is 3.43. The van der Waals surface area contributed by atoms with Crippen LogP contribution in [0, 0.1) is 18.3 Å². The lowest BCUT2D eigenvalue weighted by molar-refractivity contribution is -0.141. The molecular formula is C25H21F3N2O. The van der Waals surface area contributed by atoms with Crippen molar-refractivity contribution in [3.63, 3.8) is 0 Å². The fraction of sp³-hybridized carbons (Fsp3) is 0.240. The Hall–Kier alpha value is -3.46. The molecule has 0 bridgehead atoms. The van der Waals surface area contributed by atoms with Crippen LogP contribution in [0.3, 0.4) is 0 Å². The molecule has 1 heterocycles. The van der Waals surface area contributed by atoms with E-state index in [1.165, 1.54) is 6.07 Å². The maximum atomic E-state index is 13.2. The molecule has 158 valence electrons. The zero-order valence-electron chi connectivity index (χ0n) is 17.2. The van der Waals surface area contributed by atoms with Gasteiger partial charge in [-0.25, -0.2) is 4.98 Å². The maximum absolute atomic E-state index is 13.2. The number of halogens is 3. The maximum Gasteiger partial charge on any atom is 0.433 e. The Bertz CT molecular complexity index is 1150. The van der Waals surface area contributed by atoms with Gasteiger partial charge in [0, 0.05) is 17.9 Å². The molecule has 2 aromatic carbocycles. The van der Waals surface area contributed by atoms with Crippen molar-refractivity contribution >= 4 is 5.78 Å². The molecule has 1 aromatic heterocycles. The third-order valence-corrected chi connectivity index (χ3v) is 5.20. The van der Waals surface area contributed by atoms with Crippen LogP contribution in [0.1, 0.15) is 47.2 Å². The average Bonchev–Trinajstić information content (AvgIpc) is 2.76. The van der Waals surface area contributed by atoms with E-state index in [1.54, 1.807) is 49.4 Å². The topological polar surface area (TPSA) is 53.8 Å². The normalized spacial score (nSPS) is 12.3. The lowest BCUT2D eigenvalue weighted by atomic mass is 9.91. The van der Waals surface area contributed by atoms with Gasteiger partial charge in [0.25, 0.3) is 0 Å². The smallest absolute Gasteiger partial charge is 0.299 e. The van der Waals surface area contributed by atoms with Crippen LogP contribution >= 0.6 is 0 Å². The highest BCUT2D eigenvalue weighted by atomic mass is 19.4. The van der Waals surface area contributed by atoms with E-state index in [1.807, 2.05) is 13.0 Å². The monoisotopic (exact) mass is 422 g/mol. The number of pyridine rings is 1. The average molecular weight is 422 g/mol. The van der Waals surface area contributed by atoms with Crippen LogP contribution in [-0.2, 0) is 17.4 Å². The van der Waals surface area contributed by atoms with Crippen LogP contribution in [0.2, 0.25) is 0 Å². The Kier molecular flexibility index (Phi) is 6.55. The first kappa shape index (κ1) is 22.2. The molecule has 0 spiro atoms. The molecule has 1 unspecified atom stereocenters. The van der Waals surface area contributed by atoms with E-state index in [2.05, 4.69) is 11.1 Å². The predicted octanol–water partition coefficient (Wildman–Crippen LogP) is 6.25. The second kappa shape index (κ2) is 9.13. The Morgan fingerprint density at radius 1 is 1.10 bits per heavy atom. The van der Waals surface area contributed by atoms with Crippen molar-refractivity contribution in [3.05, 3.63) is 88.6 Å². The third kappa shape index (κ3) is 5.37. The van der Waals surface area contributed by atoms with Gasteiger partial charge < -0.3 is 0 Å². The molecule has 0 aliphatic heterocycles. The highest BCUT2D eigenvalue weighted by molar-refractivity contribution is 5.85. The van der Waals surface area contributed by atoms with Gasteiger partial charge in [-0.1, -0.05) is 48.9 Å². The van der Waals surface area contributed by atoms with E-state index in [9.17, 15) is 18.0 Å². The Labute approximate surface area is 179 Å². The number of ketones is 1. The summed E-state index contributed by atoms with van der Waals surface area (Å²) in [7, 11) is 0. The van der Waals surface area contributed by atoms with Crippen molar-refractivity contribution in [2.75, 3.05) is 0 Å². The molecule has 0 saturated heterocycles. The number of hydrogen-bond donors (Lipinski definition) is 0. The first-order valence-electron chi connectivity index (χ1n) is 9.86.